The van der Waals surface area contributed by atoms with Crippen molar-refractivity contribution in [3.05, 3.63) is 17.5 Å². The summed E-state index contributed by atoms with van der Waals surface area (Å²) in [6.07, 6.45) is 7.92. The molecule has 0 spiro atoms. The van der Waals surface area contributed by atoms with Crippen LogP contribution in [0.15, 0.2) is 6.07 Å². The molecule has 3 saturated carbocycles. The zero-order valence-corrected chi connectivity index (χ0v) is 12.1. The van der Waals surface area contributed by atoms with Gasteiger partial charge in [0.05, 0.1) is 0 Å². The molecule has 108 valence electrons. The van der Waals surface area contributed by atoms with E-state index in [-0.39, 0.29) is 11.9 Å². The first-order valence-corrected chi connectivity index (χ1v) is 8.07. The molecule has 4 atom stereocenters. The summed E-state index contributed by atoms with van der Waals surface area (Å²) in [5.74, 6) is 3.06. The molecule has 0 saturated heterocycles. The standard InChI is InChI=1S/C16H23N3O/c1-9(13-7-10-2-3-12(13)6-10)17-16(20)15-8-14(18-19-15)11-4-5-11/h8-13H,2-7H2,1H3,(H,17,20)(H,18,19). The van der Waals surface area contributed by atoms with E-state index in [1.54, 1.807) is 0 Å². The Morgan fingerprint density at radius 2 is 2.20 bits per heavy atom. The molecule has 20 heavy (non-hydrogen) atoms. The number of carbonyl (C=O) groups excluding carboxylic acids is 1. The zero-order chi connectivity index (χ0) is 13.7. The van der Waals surface area contributed by atoms with Gasteiger partial charge < -0.3 is 5.32 Å². The van der Waals surface area contributed by atoms with Crippen LogP contribution in [-0.4, -0.2) is 22.1 Å². The van der Waals surface area contributed by atoms with Crippen molar-refractivity contribution in [1.82, 2.24) is 15.5 Å². The monoisotopic (exact) mass is 273 g/mol. The van der Waals surface area contributed by atoms with E-state index in [1.807, 2.05) is 6.07 Å². The highest BCUT2D eigenvalue weighted by Crippen LogP contribution is 2.49. The van der Waals surface area contributed by atoms with Gasteiger partial charge in [-0.15, -0.1) is 0 Å². The molecule has 3 aliphatic rings. The van der Waals surface area contributed by atoms with Crippen LogP contribution in [-0.2, 0) is 0 Å². The SMILES string of the molecule is CC(NC(=O)c1cc(C2CC2)[nH]n1)C1CC2CCC1C2. The molecule has 2 N–H and O–H groups in total. The number of amides is 1. The summed E-state index contributed by atoms with van der Waals surface area (Å²) >= 11 is 0. The van der Waals surface area contributed by atoms with Gasteiger partial charge >= 0.3 is 0 Å². The van der Waals surface area contributed by atoms with Crippen molar-refractivity contribution in [3.63, 3.8) is 0 Å². The molecule has 1 aromatic rings. The average molecular weight is 273 g/mol. The van der Waals surface area contributed by atoms with Gasteiger partial charge in [0.2, 0.25) is 0 Å². The predicted octanol–water partition coefficient (Wildman–Crippen LogP) is 2.84. The summed E-state index contributed by atoms with van der Waals surface area (Å²) in [7, 11) is 0. The number of aromatic amines is 1. The molecular formula is C16H23N3O. The molecular weight excluding hydrogens is 250 g/mol. The van der Waals surface area contributed by atoms with Gasteiger partial charge in [-0.05, 0) is 62.8 Å². The maximum absolute atomic E-state index is 12.3. The van der Waals surface area contributed by atoms with Crippen molar-refractivity contribution in [3.8, 4) is 0 Å². The first kappa shape index (κ1) is 12.4. The van der Waals surface area contributed by atoms with E-state index in [0.29, 0.717) is 17.5 Å². The summed E-state index contributed by atoms with van der Waals surface area (Å²) in [6.45, 7) is 2.16. The van der Waals surface area contributed by atoms with E-state index in [1.165, 1.54) is 38.5 Å². The number of fused-ring (bicyclic) bond motifs is 2. The van der Waals surface area contributed by atoms with Crippen LogP contribution in [0.2, 0.25) is 0 Å². The summed E-state index contributed by atoms with van der Waals surface area (Å²) in [5.41, 5.74) is 1.68. The van der Waals surface area contributed by atoms with Crippen LogP contribution in [0, 0.1) is 17.8 Å². The van der Waals surface area contributed by atoms with E-state index in [0.717, 1.165) is 17.5 Å². The third-order valence-electron chi connectivity index (χ3n) is 5.64. The van der Waals surface area contributed by atoms with Gasteiger partial charge in [0.25, 0.3) is 5.91 Å². The van der Waals surface area contributed by atoms with Crippen LogP contribution in [0.4, 0.5) is 0 Å². The van der Waals surface area contributed by atoms with E-state index < -0.39 is 0 Å². The first-order valence-electron chi connectivity index (χ1n) is 8.07. The molecule has 0 radical (unpaired) electrons. The lowest BCUT2D eigenvalue weighted by atomic mass is 9.84. The third-order valence-corrected chi connectivity index (χ3v) is 5.64. The molecule has 4 rings (SSSR count). The maximum Gasteiger partial charge on any atom is 0.271 e. The minimum atomic E-state index is -0.0107. The Bertz CT molecular complexity index is 520. The number of aromatic nitrogens is 2. The maximum atomic E-state index is 12.3. The highest BCUT2D eigenvalue weighted by molar-refractivity contribution is 5.92. The van der Waals surface area contributed by atoms with Crippen molar-refractivity contribution in [2.24, 2.45) is 17.8 Å². The van der Waals surface area contributed by atoms with Gasteiger partial charge in [0.1, 0.15) is 5.69 Å². The molecule has 0 aromatic carbocycles. The van der Waals surface area contributed by atoms with Crippen LogP contribution in [0.25, 0.3) is 0 Å². The second-order valence-electron chi connectivity index (χ2n) is 7.08. The Balaban J connectivity index is 1.38. The fourth-order valence-electron chi connectivity index (χ4n) is 4.35. The number of nitrogens with zero attached hydrogens (tertiary/aromatic N) is 1. The number of rotatable bonds is 4. The van der Waals surface area contributed by atoms with Crippen molar-refractivity contribution >= 4 is 5.91 Å². The number of hydrogen-bond acceptors (Lipinski definition) is 2. The average Bonchev–Trinajstić information content (AvgIpc) is 2.92. The van der Waals surface area contributed by atoms with Gasteiger partial charge in [-0.25, -0.2) is 0 Å². The van der Waals surface area contributed by atoms with Crippen LogP contribution < -0.4 is 5.32 Å². The molecule has 1 aromatic heterocycles. The van der Waals surface area contributed by atoms with Crippen LogP contribution >= 0.6 is 0 Å². The molecule has 2 bridgehead atoms. The Morgan fingerprint density at radius 3 is 2.85 bits per heavy atom. The summed E-state index contributed by atoms with van der Waals surface area (Å²) in [4.78, 5) is 12.3. The summed E-state index contributed by atoms with van der Waals surface area (Å²) < 4.78 is 0. The quantitative estimate of drug-likeness (QED) is 0.886. The normalized spacial score (nSPS) is 33.4. The van der Waals surface area contributed by atoms with Gasteiger partial charge in [-0.2, -0.15) is 5.10 Å². The Hall–Kier alpha value is -1.32. The third kappa shape index (κ3) is 2.15. The topological polar surface area (TPSA) is 57.8 Å². The lowest BCUT2D eigenvalue weighted by molar-refractivity contribution is 0.0910. The second-order valence-corrected chi connectivity index (χ2v) is 7.08. The van der Waals surface area contributed by atoms with Gasteiger partial charge in [-0.3, -0.25) is 9.89 Å². The Labute approximate surface area is 119 Å². The zero-order valence-electron chi connectivity index (χ0n) is 12.1. The lowest BCUT2D eigenvalue weighted by Gasteiger charge is -2.28. The molecule has 4 heteroatoms. The lowest BCUT2D eigenvalue weighted by Crippen LogP contribution is -2.40. The fourth-order valence-corrected chi connectivity index (χ4v) is 4.35. The van der Waals surface area contributed by atoms with Crippen LogP contribution in [0.1, 0.15) is 67.5 Å². The number of H-pyrrole nitrogens is 1. The largest absolute Gasteiger partial charge is 0.348 e. The minimum absolute atomic E-state index is 0.0107. The van der Waals surface area contributed by atoms with Crippen LogP contribution in [0.5, 0.6) is 0 Å². The van der Waals surface area contributed by atoms with E-state index in [9.17, 15) is 4.79 Å². The van der Waals surface area contributed by atoms with Gasteiger partial charge in [0, 0.05) is 17.7 Å². The fraction of sp³-hybridized carbons (Fsp3) is 0.750. The Kier molecular flexibility index (Phi) is 2.86. The van der Waals surface area contributed by atoms with E-state index in [2.05, 4.69) is 22.4 Å². The van der Waals surface area contributed by atoms with Gasteiger partial charge in [-0.1, -0.05) is 6.42 Å². The molecule has 0 aliphatic heterocycles. The summed E-state index contributed by atoms with van der Waals surface area (Å²) in [5, 5.41) is 10.3. The minimum Gasteiger partial charge on any atom is -0.348 e. The predicted molar refractivity (Wildman–Crippen MR) is 76.4 cm³/mol. The highest BCUT2D eigenvalue weighted by atomic mass is 16.2. The molecule has 1 amide bonds. The van der Waals surface area contributed by atoms with Crippen molar-refractivity contribution in [2.45, 2.75) is 57.4 Å². The number of nitrogens with one attached hydrogen (secondary N) is 2. The molecule has 4 unspecified atom stereocenters. The molecule has 4 nitrogen and oxygen atoms in total. The van der Waals surface area contributed by atoms with E-state index >= 15 is 0 Å². The van der Waals surface area contributed by atoms with Crippen molar-refractivity contribution in [1.29, 1.82) is 0 Å². The van der Waals surface area contributed by atoms with Gasteiger partial charge in [0.15, 0.2) is 0 Å². The molecule has 1 heterocycles. The molecule has 3 fully saturated rings. The first-order chi connectivity index (χ1) is 9.70. The molecule has 3 aliphatic carbocycles. The Morgan fingerprint density at radius 1 is 1.35 bits per heavy atom. The van der Waals surface area contributed by atoms with Crippen molar-refractivity contribution in [2.75, 3.05) is 0 Å². The van der Waals surface area contributed by atoms with Crippen molar-refractivity contribution < 1.29 is 4.79 Å². The number of hydrogen-bond donors (Lipinski definition) is 2. The van der Waals surface area contributed by atoms with E-state index in [4.69, 9.17) is 0 Å². The summed E-state index contributed by atoms with van der Waals surface area (Å²) in [6, 6.07) is 2.21. The highest BCUT2D eigenvalue weighted by Gasteiger charge is 2.42. The second kappa shape index (κ2) is 4.61. The van der Waals surface area contributed by atoms with Crippen LogP contribution in [0.3, 0.4) is 0 Å². The smallest absolute Gasteiger partial charge is 0.271 e. The number of carbonyl (C=O) groups is 1.